The molecule has 1 saturated heterocycles. The smallest absolute Gasteiger partial charge is 0.307 e. The molecule has 1 fully saturated rings. The van der Waals surface area contributed by atoms with Crippen molar-refractivity contribution in [1.82, 2.24) is 19.8 Å². The zero-order chi connectivity index (χ0) is 30.2. The van der Waals surface area contributed by atoms with Gasteiger partial charge >= 0.3 is 5.97 Å². The molecule has 0 radical (unpaired) electrons. The Morgan fingerprint density at radius 3 is 2.45 bits per heavy atom. The standard InChI is InChI=1S/C33H42N4O5/c1-22(2)15-29(37-21-25(9-10-30(37)38)20-36-11-13-42-14-12-36)33(40)35-28(17-31(39)41-5)26-16-27(19-34-18-26)32-23(3)7-6-8-24(32)4/h6-10,16,18-19,21-22,28-29H,11-15,17,20H2,1-5H3,(H,35,40)/t28-,29?/m0/s1. The van der Waals surface area contributed by atoms with Gasteiger partial charge in [0.2, 0.25) is 5.91 Å². The Labute approximate surface area is 247 Å². The summed E-state index contributed by atoms with van der Waals surface area (Å²) < 4.78 is 12.0. The van der Waals surface area contributed by atoms with Gasteiger partial charge in [-0.1, -0.05) is 38.1 Å². The molecule has 1 aliphatic heterocycles. The minimum atomic E-state index is -0.753. The Hall–Kier alpha value is -3.82. The summed E-state index contributed by atoms with van der Waals surface area (Å²) in [7, 11) is 1.33. The molecule has 9 nitrogen and oxygen atoms in total. The lowest BCUT2D eigenvalue weighted by atomic mass is 9.94. The van der Waals surface area contributed by atoms with Crippen LogP contribution in [0.15, 0.2) is 59.8 Å². The van der Waals surface area contributed by atoms with Crippen LogP contribution in [0.5, 0.6) is 0 Å². The monoisotopic (exact) mass is 574 g/mol. The van der Waals surface area contributed by atoms with E-state index in [1.807, 2.05) is 58.0 Å². The number of aromatic nitrogens is 2. The number of carbonyl (C=O) groups excluding carboxylic acids is 2. The fourth-order valence-corrected chi connectivity index (χ4v) is 5.52. The average Bonchev–Trinajstić information content (AvgIpc) is 2.97. The number of amides is 1. The highest BCUT2D eigenvalue weighted by molar-refractivity contribution is 5.82. The van der Waals surface area contributed by atoms with Crippen molar-refractivity contribution in [2.24, 2.45) is 5.92 Å². The molecule has 224 valence electrons. The first-order chi connectivity index (χ1) is 20.2. The molecule has 9 heteroatoms. The third-order valence-corrected chi connectivity index (χ3v) is 7.69. The van der Waals surface area contributed by atoms with Crippen LogP contribution >= 0.6 is 0 Å². The van der Waals surface area contributed by atoms with Gasteiger partial charge in [-0.05, 0) is 60.1 Å². The van der Waals surface area contributed by atoms with Gasteiger partial charge in [-0.25, -0.2) is 0 Å². The first kappa shape index (κ1) is 31.1. The molecule has 0 saturated carbocycles. The number of carbonyl (C=O) groups is 2. The number of rotatable bonds is 11. The maximum Gasteiger partial charge on any atom is 0.307 e. The summed E-state index contributed by atoms with van der Waals surface area (Å²) in [5.74, 6) is -0.646. The minimum absolute atomic E-state index is 0.0690. The number of benzene rings is 1. The van der Waals surface area contributed by atoms with Gasteiger partial charge in [0.15, 0.2) is 0 Å². The van der Waals surface area contributed by atoms with Crippen molar-refractivity contribution in [1.29, 1.82) is 0 Å². The zero-order valence-electron chi connectivity index (χ0n) is 25.3. The molecule has 2 atom stereocenters. The van der Waals surface area contributed by atoms with E-state index in [-0.39, 0.29) is 23.8 Å². The maximum absolute atomic E-state index is 14.0. The van der Waals surface area contributed by atoms with Crippen molar-refractivity contribution >= 4 is 11.9 Å². The molecule has 3 heterocycles. The van der Waals surface area contributed by atoms with Crippen molar-refractivity contribution in [2.45, 2.75) is 59.2 Å². The number of nitrogens with zero attached hydrogens (tertiary/aromatic N) is 3. The van der Waals surface area contributed by atoms with E-state index < -0.39 is 18.1 Å². The highest BCUT2D eigenvalue weighted by Gasteiger charge is 2.28. The van der Waals surface area contributed by atoms with E-state index in [0.717, 1.165) is 40.9 Å². The summed E-state index contributed by atoms with van der Waals surface area (Å²) in [6.07, 6.45) is 5.64. The number of nitrogens with one attached hydrogen (secondary N) is 1. The van der Waals surface area contributed by atoms with Crippen molar-refractivity contribution in [3.8, 4) is 11.1 Å². The number of ether oxygens (including phenoxy) is 2. The summed E-state index contributed by atoms with van der Waals surface area (Å²) in [6, 6.07) is 9.97. The quantitative estimate of drug-likeness (QED) is 0.339. The third-order valence-electron chi connectivity index (χ3n) is 7.69. The van der Waals surface area contributed by atoms with Gasteiger partial charge in [0, 0.05) is 49.9 Å². The average molecular weight is 575 g/mol. The summed E-state index contributed by atoms with van der Waals surface area (Å²) in [5, 5.41) is 3.07. The highest BCUT2D eigenvalue weighted by Crippen LogP contribution is 2.30. The minimum Gasteiger partial charge on any atom is -0.469 e. The Balaban J connectivity index is 1.66. The van der Waals surface area contributed by atoms with Gasteiger partial charge in [0.25, 0.3) is 5.56 Å². The van der Waals surface area contributed by atoms with Crippen LogP contribution < -0.4 is 10.9 Å². The molecular weight excluding hydrogens is 532 g/mol. The summed E-state index contributed by atoms with van der Waals surface area (Å²) in [6.45, 7) is 11.8. The summed E-state index contributed by atoms with van der Waals surface area (Å²) in [5.41, 5.74) is 5.57. The third kappa shape index (κ3) is 7.92. The highest BCUT2D eigenvalue weighted by atomic mass is 16.5. The van der Waals surface area contributed by atoms with Gasteiger partial charge in [-0.3, -0.25) is 24.3 Å². The molecule has 1 N–H and O–H groups in total. The molecule has 4 rings (SSSR count). The number of pyridine rings is 2. The van der Waals surface area contributed by atoms with Gasteiger partial charge < -0.3 is 19.4 Å². The Kier molecular flexibility index (Phi) is 10.7. The van der Waals surface area contributed by atoms with E-state index in [1.54, 1.807) is 18.6 Å². The van der Waals surface area contributed by atoms with Crippen molar-refractivity contribution in [2.75, 3.05) is 33.4 Å². The van der Waals surface area contributed by atoms with Crippen LogP contribution in [-0.4, -0.2) is 59.7 Å². The molecule has 42 heavy (non-hydrogen) atoms. The van der Waals surface area contributed by atoms with Crippen LogP contribution in [-0.2, 0) is 25.6 Å². The van der Waals surface area contributed by atoms with Crippen LogP contribution in [0.4, 0.5) is 0 Å². The number of aryl methyl sites for hydroxylation is 2. The predicted molar refractivity (Wildman–Crippen MR) is 162 cm³/mol. The Bertz CT molecular complexity index is 1420. The Morgan fingerprint density at radius 1 is 1.07 bits per heavy atom. The molecular formula is C33H42N4O5. The Morgan fingerprint density at radius 2 is 1.79 bits per heavy atom. The topological polar surface area (TPSA) is 103 Å². The number of methoxy groups -OCH3 is 1. The fraction of sp³-hybridized carbons (Fsp3) is 0.455. The fourth-order valence-electron chi connectivity index (χ4n) is 5.52. The van der Waals surface area contributed by atoms with Crippen molar-refractivity contribution in [3.63, 3.8) is 0 Å². The van der Waals surface area contributed by atoms with Crippen LogP contribution in [0.25, 0.3) is 11.1 Å². The number of esters is 1. The van der Waals surface area contributed by atoms with E-state index in [1.165, 1.54) is 17.7 Å². The molecule has 1 unspecified atom stereocenters. The van der Waals surface area contributed by atoms with Crippen LogP contribution in [0.1, 0.15) is 61.0 Å². The van der Waals surface area contributed by atoms with E-state index >= 15 is 0 Å². The first-order valence-corrected chi connectivity index (χ1v) is 14.6. The largest absolute Gasteiger partial charge is 0.469 e. The lowest BCUT2D eigenvalue weighted by molar-refractivity contribution is -0.141. The molecule has 0 aliphatic carbocycles. The van der Waals surface area contributed by atoms with Crippen LogP contribution in [0.3, 0.4) is 0 Å². The second-order valence-electron chi connectivity index (χ2n) is 11.4. The van der Waals surface area contributed by atoms with Gasteiger partial charge in [-0.15, -0.1) is 0 Å². The van der Waals surface area contributed by atoms with Crippen LogP contribution in [0.2, 0.25) is 0 Å². The molecule has 0 bridgehead atoms. The van der Waals surface area contributed by atoms with E-state index in [9.17, 15) is 14.4 Å². The number of hydrogen-bond donors (Lipinski definition) is 1. The first-order valence-electron chi connectivity index (χ1n) is 14.6. The molecule has 3 aromatic rings. The molecule has 1 aromatic carbocycles. The van der Waals surface area contributed by atoms with Gasteiger partial charge in [0.1, 0.15) is 6.04 Å². The second-order valence-corrected chi connectivity index (χ2v) is 11.4. The van der Waals surface area contributed by atoms with Crippen LogP contribution in [0, 0.1) is 19.8 Å². The number of morpholine rings is 1. The van der Waals surface area contributed by atoms with E-state index in [2.05, 4.69) is 15.2 Å². The van der Waals surface area contributed by atoms with Crippen molar-refractivity contribution < 1.29 is 19.1 Å². The SMILES string of the molecule is COC(=O)C[C@H](NC(=O)C(CC(C)C)n1cc(CN2CCOCC2)ccc1=O)c1cncc(-c2c(C)cccc2C)c1. The van der Waals surface area contributed by atoms with Gasteiger partial charge in [0.05, 0.1) is 32.8 Å². The van der Waals surface area contributed by atoms with Gasteiger partial charge in [-0.2, -0.15) is 0 Å². The molecule has 1 amide bonds. The van der Waals surface area contributed by atoms with Crippen molar-refractivity contribution in [3.05, 3.63) is 87.6 Å². The van der Waals surface area contributed by atoms with E-state index in [4.69, 9.17) is 9.47 Å². The summed E-state index contributed by atoms with van der Waals surface area (Å²) in [4.78, 5) is 46.3. The summed E-state index contributed by atoms with van der Waals surface area (Å²) >= 11 is 0. The maximum atomic E-state index is 14.0. The zero-order valence-corrected chi connectivity index (χ0v) is 25.3. The lowest BCUT2D eigenvalue weighted by Crippen LogP contribution is -2.40. The second kappa shape index (κ2) is 14.4. The normalized spacial score (nSPS) is 15.3. The molecule has 0 spiro atoms. The lowest BCUT2D eigenvalue weighted by Gasteiger charge is -2.28. The molecule has 2 aromatic heterocycles. The molecule has 1 aliphatic rings. The predicted octanol–water partition coefficient (Wildman–Crippen LogP) is 4.37. The van der Waals surface area contributed by atoms with E-state index in [0.29, 0.717) is 31.7 Å². The number of hydrogen-bond acceptors (Lipinski definition) is 7.